The first-order valence-electron chi connectivity index (χ1n) is 6.03. The summed E-state index contributed by atoms with van der Waals surface area (Å²) in [6, 6.07) is 2.52. The molecule has 1 aromatic rings. The summed E-state index contributed by atoms with van der Waals surface area (Å²) in [5, 5.41) is 11.8. The first-order valence-corrected chi connectivity index (χ1v) is 7.70. The Labute approximate surface area is 115 Å². The monoisotopic (exact) mass is 318 g/mol. The van der Waals surface area contributed by atoms with Crippen molar-refractivity contribution in [2.45, 2.75) is 38.0 Å². The lowest BCUT2D eigenvalue weighted by Crippen LogP contribution is -2.39. The average molecular weight is 319 g/mol. The summed E-state index contributed by atoms with van der Waals surface area (Å²) >= 11 is 5.23. The van der Waals surface area contributed by atoms with Gasteiger partial charge in [0.2, 0.25) is 0 Å². The van der Waals surface area contributed by atoms with Crippen LogP contribution in [0.1, 0.15) is 30.7 Å². The highest BCUT2D eigenvalue weighted by Gasteiger charge is 2.32. The number of β-amino-alcohol motifs (C(OH)–C–C–N with tert-alkyl or cyclic N) is 1. The Bertz CT molecular complexity index is 371. The number of hydrogen-bond acceptors (Lipinski definition) is 4. The van der Waals surface area contributed by atoms with E-state index in [4.69, 9.17) is 5.73 Å². The maximum Gasteiger partial charge on any atom is 0.0679 e. The Morgan fingerprint density at radius 1 is 1.71 bits per heavy atom. The molecule has 96 valence electrons. The first kappa shape index (κ1) is 13.5. The normalized spacial score (nSPS) is 25.1. The second kappa shape index (κ2) is 5.80. The van der Waals surface area contributed by atoms with Crippen molar-refractivity contribution in [2.24, 2.45) is 5.73 Å². The number of likely N-dealkylation sites (tertiary alicyclic amines) is 1. The van der Waals surface area contributed by atoms with Gasteiger partial charge in [-0.15, -0.1) is 11.3 Å². The van der Waals surface area contributed by atoms with E-state index in [2.05, 4.69) is 39.2 Å². The Kier molecular flexibility index (Phi) is 4.60. The molecule has 0 radical (unpaired) electrons. The van der Waals surface area contributed by atoms with Gasteiger partial charge < -0.3 is 10.8 Å². The number of aliphatic hydroxyl groups excluding tert-OH is 1. The molecular weight excluding hydrogens is 300 g/mol. The molecule has 1 aromatic heterocycles. The van der Waals surface area contributed by atoms with Crippen molar-refractivity contribution >= 4 is 27.3 Å². The van der Waals surface area contributed by atoms with Gasteiger partial charge in [0.1, 0.15) is 0 Å². The highest BCUT2D eigenvalue weighted by molar-refractivity contribution is 9.10. The van der Waals surface area contributed by atoms with Crippen molar-refractivity contribution in [1.29, 1.82) is 0 Å². The topological polar surface area (TPSA) is 49.5 Å². The molecule has 3 unspecified atom stereocenters. The third kappa shape index (κ3) is 3.09. The van der Waals surface area contributed by atoms with E-state index in [0.29, 0.717) is 0 Å². The van der Waals surface area contributed by atoms with Crippen molar-refractivity contribution in [3.8, 4) is 0 Å². The minimum absolute atomic E-state index is 0.130. The van der Waals surface area contributed by atoms with Crippen molar-refractivity contribution in [3.63, 3.8) is 0 Å². The lowest BCUT2D eigenvalue weighted by molar-refractivity contribution is 0.149. The van der Waals surface area contributed by atoms with E-state index in [-0.39, 0.29) is 18.2 Å². The molecule has 0 bridgehead atoms. The van der Waals surface area contributed by atoms with Crippen LogP contribution in [0, 0.1) is 0 Å². The highest BCUT2D eigenvalue weighted by Crippen LogP contribution is 2.34. The summed E-state index contributed by atoms with van der Waals surface area (Å²) in [7, 11) is 0. The van der Waals surface area contributed by atoms with Crippen molar-refractivity contribution in [2.75, 3.05) is 13.1 Å². The van der Waals surface area contributed by atoms with Crippen LogP contribution in [0.25, 0.3) is 0 Å². The van der Waals surface area contributed by atoms with Gasteiger partial charge in [0.05, 0.1) is 12.1 Å². The lowest BCUT2D eigenvalue weighted by Gasteiger charge is -2.31. The van der Waals surface area contributed by atoms with E-state index >= 15 is 0 Å². The van der Waals surface area contributed by atoms with E-state index in [0.717, 1.165) is 30.4 Å². The second-order valence-corrected chi connectivity index (χ2v) is 6.48. The smallest absolute Gasteiger partial charge is 0.0679 e. The number of nitrogens with two attached hydrogens (primary N) is 1. The van der Waals surface area contributed by atoms with Gasteiger partial charge in [-0.2, -0.15) is 0 Å². The Hall–Kier alpha value is 0.0600. The molecule has 2 rings (SSSR count). The third-order valence-corrected chi connectivity index (χ3v) is 5.11. The Morgan fingerprint density at radius 2 is 2.47 bits per heavy atom. The van der Waals surface area contributed by atoms with Gasteiger partial charge in [0.25, 0.3) is 0 Å². The third-order valence-electron chi connectivity index (χ3n) is 3.34. The molecule has 1 aliphatic heterocycles. The predicted molar refractivity (Wildman–Crippen MR) is 75.2 cm³/mol. The summed E-state index contributed by atoms with van der Waals surface area (Å²) in [6.07, 6.45) is 1.62. The molecule has 1 fully saturated rings. The molecule has 2 heterocycles. The number of nitrogens with zero attached hydrogens (tertiary/aromatic N) is 1. The molecule has 3 N–H and O–H groups in total. The van der Waals surface area contributed by atoms with Crippen molar-refractivity contribution in [1.82, 2.24) is 4.90 Å². The summed E-state index contributed by atoms with van der Waals surface area (Å²) in [5.74, 6) is 0. The van der Waals surface area contributed by atoms with Gasteiger partial charge in [0, 0.05) is 33.9 Å². The van der Waals surface area contributed by atoms with Gasteiger partial charge in [-0.05, 0) is 34.8 Å². The standard InChI is InChI=1S/C12H19BrN2OS/c1-2-10(14)12(11-5-8(13)7-17-11)15-4-3-9(16)6-15/h5,7,9-10,12,16H,2-4,6,14H2,1H3. The summed E-state index contributed by atoms with van der Waals surface area (Å²) in [6.45, 7) is 3.80. The number of hydrogen-bond donors (Lipinski definition) is 2. The van der Waals surface area contributed by atoms with Gasteiger partial charge in [-0.3, -0.25) is 4.90 Å². The molecule has 0 aromatic carbocycles. The number of aliphatic hydroxyl groups is 1. The summed E-state index contributed by atoms with van der Waals surface area (Å²) in [5.41, 5.74) is 6.25. The van der Waals surface area contributed by atoms with E-state index < -0.39 is 0 Å². The van der Waals surface area contributed by atoms with Gasteiger partial charge in [-0.25, -0.2) is 0 Å². The van der Waals surface area contributed by atoms with Gasteiger partial charge in [0.15, 0.2) is 0 Å². The van der Waals surface area contributed by atoms with Crippen molar-refractivity contribution < 1.29 is 5.11 Å². The van der Waals surface area contributed by atoms with E-state index in [1.165, 1.54) is 4.88 Å². The molecule has 0 saturated carbocycles. The largest absolute Gasteiger partial charge is 0.392 e. The Balaban J connectivity index is 2.19. The summed E-state index contributed by atoms with van der Waals surface area (Å²) < 4.78 is 1.12. The maximum atomic E-state index is 9.67. The van der Waals surface area contributed by atoms with E-state index in [9.17, 15) is 5.11 Å². The van der Waals surface area contributed by atoms with Crippen LogP contribution in [-0.4, -0.2) is 35.2 Å². The average Bonchev–Trinajstić information content (AvgIpc) is 2.89. The van der Waals surface area contributed by atoms with E-state index in [1.807, 2.05) is 0 Å². The zero-order valence-electron chi connectivity index (χ0n) is 9.97. The molecular formula is C12H19BrN2OS. The Morgan fingerprint density at radius 3 is 2.94 bits per heavy atom. The number of thiophene rings is 1. The molecule has 0 aliphatic carbocycles. The molecule has 5 heteroatoms. The van der Waals surface area contributed by atoms with Crippen LogP contribution in [0.2, 0.25) is 0 Å². The fraction of sp³-hybridized carbons (Fsp3) is 0.667. The lowest BCUT2D eigenvalue weighted by atomic mass is 10.0. The molecule has 0 amide bonds. The molecule has 1 aliphatic rings. The van der Waals surface area contributed by atoms with Crippen LogP contribution < -0.4 is 5.73 Å². The zero-order chi connectivity index (χ0) is 12.4. The molecule has 3 nitrogen and oxygen atoms in total. The van der Waals surface area contributed by atoms with Crippen molar-refractivity contribution in [3.05, 3.63) is 20.8 Å². The second-order valence-electron chi connectivity index (χ2n) is 4.62. The van der Waals surface area contributed by atoms with E-state index in [1.54, 1.807) is 11.3 Å². The number of rotatable bonds is 4. The SMILES string of the molecule is CCC(N)C(c1cc(Br)cs1)N1CCC(O)C1. The van der Waals surface area contributed by atoms with Crippen LogP contribution in [0.4, 0.5) is 0 Å². The van der Waals surface area contributed by atoms with Crippen LogP contribution in [0.5, 0.6) is 0 Å². The zero-order valence-corrected chi connectivity index (χ0v) is 12.4. The van der Waals surface area contributed by atoms with Crippen LogP contribution in [0.3, 0.4) is 0 Å². The quantitative estimate of drug-likeness (QED) is 0.896. The van der Waals surface area contributed by atoms with Gasteiger partial charge in [-0.1, -0.05) is 6.92 Å². The fourth-order valence-corrected chi connectivity index (χ4v) is 4.04. The number of halogens is 1. The summed E-state index contributed by atoms with van der Waals surface area (Å²) in [4.78, 5) is 3.61. The molecule has 17 heavy (non-hydrogen) atoms. The fourth-order valence-electron chi connectivity index (χ4n) is 2.39. The molecule has 1 saturated heterocycles. The predicted octanol–water partition coefficient (Wildman–Crippen LogP) is 2.36. The van der Waals surface area contributed by atoms with Crippen LogP contribution >= 0.6 is 27.3 Å². The van der Waals surface area contributed by atoms with Crippen LogP contribution in [-0.2, 0) is 0 Å². The maximum absolute atomic E-state index is 9.67. The molecule has 0 spiro atoms. The highest BCUT2D eigenvalue weighted by atomic mass is 79.9. The minimum Gasteiger partial charge on any atom is -0.392 e. The minimum atomic E-state index is -0.190. The van der Waals surface area contributed by atoms with Gasteiger partial charge >= 0.3 is 0 Å². The van der Waals surface area contributed by atoms with Crippen LogP contribution in [0.15, 0.2) is 15.9 Å². The first-order chi connectivity index (χ1) is 8.11. The molecule has 3 atom stereocenters.